The minimum Gasteiger partial charge on any atom is -0.339 e. The first-order chi connectivity index (χ1) is 10.1. The predicted octanol–water partition coefficient (Wildman–Crippen LogP) is 2.87. The van der Waals surface area contributed by atoms with Crippen molar-refractivity contribution in [2.45, 2.75) is 38.6 Å². The highest BCUT2D eigenvalue weighted by Gasteiger charge is 2.13. The van der Waals surface area contributed by atoms with E-state index in [1.54, 1.807) is 0 Å². The minimum absolute atomic E-state index is 0.246. The van der Waals surface area contributed by atoms with E-state index in [-0.39, 0.29) is 12.5 Å². The Morgan fingerprint density at radius 3 is 2.57 bits per heavy atom. The molecule has 0 fully saturated rings. The fraction of sp³-hybridized carbons (Fsp3) is 0.467. The molecule has 0 bridgehead atoms. The van der Waals surface area contributed by atoms with E-state index in [9.17, 15) is 8.78 Å². The molecule has 21 heavy (non-hydrogen) atoms. The van der Waals surface area contributed by atoms with Gasteiger partial charge in [-0.3, -0.25) is 0 Å². The molecule has 0 aliphatic carbocycles. The van der Waals surface area contributed by atoms with Crippen LogP contribution in [0.15, 0.2) is 22.7 Å². The average Bonchev–Trinajstić information content (AvgIpc) is 2.84. The van der Waals surface area contributed by atoms with Crippen LogP contribution in [0.1, 0.15) is 37.0 Å². The molecule has 0 aliphatic rings. The standard InChI is InChI=1S/C15H19F2N3O/c1-3-4-13(18-2)9-15-19-14(20-21-15)7-10-5-11(16)8-12(17)6-10/h5-6,8,13,18H,3-4,7,9H2,1-2H3. The SMILES string of the molecule is CCCC(Cc1nc(Cc2cc(F)cc(F)c2)no1)NC. The molecule has 4 nitrogen and oxygen atoms in total. The number of halogens is 2. The van der Waals surface area contributed by atoms with Crippen LogP contribution in [0, 0.1) is 11.6 Å². The number of benzene rings is 1. The molecule has 0 radical (unpaired) electrons. The van der Waals surface area contributed by atoms with Crippen LogP contribution in [0.25, 0.3) is 0 Å². The topological polar surface area (TPSA) is 51.0 Å². The van der Waals surface area contributed by atoms with Crippen LogP contribution >= 0.6 is 0 Å². The van der Waals surface area contributed by atoms with Crippen molar-refractivity contribution in [1.29, 1.82) is 0 Å². The van der Waals surface area contributed by atoms with E-state index in [1.807, 2.05) is 7.05 Å². The Morgan fingerprint density at radius 1 is 1.24 bits per heavy atom. The van der Waals surface area contributed by atoms with Gasteiger partial charge in [0.05, 0.1) is 0 Å². The molecule has 1 aromatic heterocycles. The summed E-state index contributed by atoms with van der Waals surface area (Å²) in [7, 11) is 1.90. The molecule has 0 saturated heterocycles. The van der Waals surface area contributed by atoms with E-state index >= 15 is 0 Å². The lowest BCUT2D eigenvalue weighted by molar-refractivity contribution is 0.352. The molecule has 1 atom stereocenters. The molecule has 0 aliphatic heterocycles. The van der Waals surface area contributed by atoms with Crippen molar-refractivity contribution in [2.75, 3.05) is 7.05 Å². The number of nitrogens with zero attached hydrogens (tertiary/aromatic N) is 2. The second-order valence-corrected chi connectivity index (χ2v) is 5.04. The van der Waals surface area contributed by atoms with Crippen LogP contribution in [0.5, 0.6) is 0 Å². The van der Waals surface area contributed by atoms with Crippen molar-refractivity contribution in [3.05, 3.63) is 47.1 Å². The Balaban J connectivity index is 2.02. The number of likely N-dealkylation sites (N-methyl/N-ethyl adjacent to an activating group) is 1. The lowest BCUT2D eigenvalue weighted by Gasteiger charge is -2.11. The largest absolute Gasteiger partial charge is 0.339 e. The van der Waals surface area contributed by atoms with Gasteiger partial charge in [-0.15, -0.1) is 0 Å². The molecule has 114 valence electrons. The smallest absolute Gasteiger partial charge is 0.228 e. The van der Waals surface area contributed by atoms with Crippen LogP contribution < -0.4 is 5.32 Å². The second-order valence-electron chi connectivity index (χ2n) is 5.04. The highest BCUT2D eigenvalue weighted by Crippen LogP contribution is 2.12. The van der Waals surface area contributed by atoms with Gasteiger partial charge in [0.2, 0.25) is 5.89 Å². The molecular formula is C15H19F2N3O. The Morgan fingerprint density at radius 2 is 1.95 bits per heavy atom. The fourth-order valence-corrected chi connectivity index (χ4v) is 2.25. The molecule has 0 amide bonds. The third-order valence-corrected chi connectivity index (χ3v) is 3.26. The summed E-state index contributed by atoms with van der Waals surface area (Å²) in [5.74, 6) is -0.241. The Labute approximate surface area is 122 Å². The maximum Gasteiger partial charge on any atom is 0.228 e. The average molecular weight is 295 g/mol. The third-order valence-electron chi connectivity index (χ3n) is 3.26. The number of nitrogens with one attached hydrogen (secondary N) is 1. The molecule has 1 unspecified atom stereocenters. The summed E-state index contributed by atoms with van der Waals surface area (Å²) in [6, 6.07) is 3.67. The van der Waals surface area contributed by atoms with Crippen LogP contribution in [-0.2, 0) is 12.8 Å². The van der Waals surface area contributed by atoms with Gasteiger partial charge in [0.15, 0.2) is 5.82 Å². The molecule has 2 rings (SSSR count). The zero-order chi connectivity index (χ0) is 15.2. The molecular weight excluding hydrogens is 276 g/mol. The Hall–Kier alpha value is -1.82. The normalized spacial score (nSPS) is 12.6. The molecule has 1 heterocycles. The van der Waals surface area contributed by atoms with Crippen LogP contribution in [0.2, 0.25) is 0 Å². The first-order valence-electron chi connectivity index (χ1n) is 7.04. The van der Waals surface area contributed by atoms with Gasteiger partial charge in [-0.2, -0.15) is 4.98 Å². The van der Waals surface area contributed by atoms with Crippen molar-refractivity contribution in [3.8, 4) is 0 Å². The maximum atomic E-state index is 13.1. The third kappa shape index (κ3) is 4.60. The number of hydrogen-bond acceptors (Lipinski definition) is 4. The first-order valence-corrected chi connectivity index (χ1v) is 7.04. The van der Waals surface area contributed by atoms with Crippen molar-refractivity contribution < 1.29 is 13.3 Å². The monoisotopic (exact) mass is 295 g/mol. The van der Waals surface area contributed by atoms with Crippen molar-refractivity contribution in [2.24, 2.45) is 0 Å². The van der Waals surface area contributed by atoms with Gasteiger partial charge in [0, 0.05) is 24.9 Å². The van der Waals surface area contributed by atoms with Gasteiger partial charge in [0.1, 0.15) is 11.6 Å². The molecule has 2 aromatic rings. The highest BCUT2D eigenvalue weighted by atomic mass is 19.1. The Bertz CT molecular complexity index is 566. The molecule has 1 aromatic carbocycles. The summed E-state index contributed by atoms with van der Waals surface area (Å²) in [4.78, 5) is 4.27. The zero-order valence-electron chi connectivity index (χ0n) is 12.2. The number of hydrogen-bond donors (Lipinski definition) is 1. The van der Waals surface area contributed by atoms with Crippen LogP contribution in [0.3, 0.4) is 0 Å². The van der Waals surface area contributed by atoms with E-state index in [4.69, 9.17) is 4.52 Å². The lowest BCUT2D eigenvalue weighted by atomic mass is 10.1. The summed E-state index contributed by atoms with van der Waals surface area (Å²) < 4.78 is 31.4. The lowest BCUT2D eigenvalue weighted by Crippen LogP contribution is -2.27. The summed E-state index contributed by atoms with van der Waals surface area (Å²) in [5.41, 5.74) is 0.485. The fourth-order valence-electron chi connectivity index (χ4n) is 2.25. The van der Waals surface area contributed by atoms with Gasteiger partial charge < -0.3 is 9.84 Å². The molecule has 0 saturated carbocycles. The van der Waals surface area contributed by atoms with Crippen LogP contribution in [0.4, 0.5) is 8.78 Å². The van der Waals surface area contributed by atoms with Crippen molar-refractivity contribution in [1.82, 2.24) is 15.5 Å². The van der Waals surface area contributed by atoms with E-state index < -0.39 is 11.6 Å². The second kappa shape index (κ2) is 7.26. The van der Waals surface area contributed by atoms with Gasteiger partial charge in [-0.25, -0.2) is 8.78 Å². The van der Waals surface area contributed by atoms with Gasteiger partial charge in [-0.05, 0) is 31.2 Å². The highest BCUT2D eigenvalue weighted by molar-refractivity contribution is 5.21. The van der Waals surface area contributed by atoms with E-state index in [1.165, 1.54) is 12.1 Å². The number of rotatable bonds is 7. The van der Waals surface area contributed by atoms with Crippen molar-refractivity contribution >= 4 is 0 Å². The van der Waals surface area contributed by atoms with Gasteiger partial charge in [-0.1, -0.05) is 18.5 Å². The van der Waals surface area contributed by atoms with Crippen molar-refractivity contribution in [3.63, 3.8) is 0 Å². The molecule has 0 spiro atoms. The van der Waals surface area contributed by atoms with Crippen LogP contribution in [-0.4, -0.2) is 23.2 Å². The molecule has 1 N–H and O–H groups in total. The van der Waals surface area contributed by atoms with E-state index in [2.05, 4.69) is 22.4 Å². The van der Waals surface area contributed by atoms with E-state index in [0.717, 1.165) is 18.9 Å². The zero-order valence-corrected chi connectivity index (χ0v) is 12.2. The van der Waals surface area contributed by atoms with Gasteiger partial charge in [0.25, 0.3) is 0 Å². The number of aromatic nitrogens is 2. The first kappa shape index (κ1) is 15.6. The quantitative estimate of drug-likeness (QED) is 0.853. The summed E-state index contributed by atoms with van der Waals surface area (Å²) in [6.07, 6.45) is 2.98. The maximum absolute atomic E-state index is 13.1. The van der Waals surface area contributed by atoms with E-state index in [0.29, 0.717) is 23.7 Å². The molecule has 6 heteroatoms. The Kier molecular flexibility index (Phi) is 5.38. The minimum atomic E-state index is -0.605. The summed E-state index contributed by atoms with van der Waals surface area (Å²) >= 11 is 0. The van der Waals surface area contributed by atoms with Gasteiger partial charge >= 0.3 is 0 Å². The predicted molar refractivity (Wildman–Crippen MR) is 74.9 cm³/mol. The summed E-state index contributed by atoms with van der Waals surface area (Å²) in [6.45, 7) is 2.11. The summed E-state index contributed by atoms with van der Waals surface area (Å²) in [5, 5.41) is 7.06.